The van der Waals surface area contributed by atoms with Crippen LogP contribution in [0, 0.1) is 0 Å². The molecule has 0 bridgehead atoms. The lowest BCUT2D eigenvalue weighted by molar-refractivity contribution is 0.0194. The van der Waals surface area contributed by atoms with Gasteiger partial charge in [0.15, 0.2) is 11.5 Å². The summed E-state index contributed by atoms with van der Waals surface area (Å²) in [4.78, 5) is 22.0. The molecule has 1 fully saturated rings. The fraction of sp³-hybridized carbons (Fsp3) is 0.417. The topological polar surface area (TPSA) is 77.8 Å². The summed E-state index contributed by atoms with van der Waals surface area (Å²) in [5.41, 5.74) is 2.24. The molecule has 0 aliphatic carbocycles. The Hall–Kier alpha value is -3.30. The van der Waals surface area contributed by atoms with E-state index in [4.69, 9.17) is 18.9 Å². The second kappa shape index (κ2) is 10.1. The summed E-state index contributed by atoms with van der Waals surface area (Å²) in [7, 11) is 6.47. The highest BCUT2D eigenvalue weighted by atomic mass is 16.5. The first-order valence-corrected chi connectivity index (χ1v) is 10.8. The molecule has 0 radical (unpaired) electrons. The van der Waals surface area contributed by atoms with Gasteiger partial charge in [0.25, 0.3) is 5.91 Å². The van der Waals surface area contributed by atoms with Crippen LogP contribution in [0.1, 0.15) is 16.1 Å². The van der Waals surface area contributed by atoms with E-state index in [1.54, 1.807) is 34.6 Å². The van der Waals surface area contributed by atoms with E-state index < -0.39 is 0 Å². The standard InChI is InChI=1S/C24H30N4O5/c1-30-16-18-14-26(13-17-11-20(31-2)23(33-4)21(12-17)32-3)9-10-28(18)24(29)19-15-27-8-6-5-7-22(27)25-19/h5-8,11-12,15,18H,9-10,13-14,16H2,1-4H3. The van der Waals surface area contributed by atoms with Crippen LogP contribution in [0.15, 0.2) is 42.7 Å². The number of pyridine rings is 1. The first kappa shape index (κ1) is 22.9. The van der Waals surface area contributed by atoms with Gasteiger partial charge in [0.1, 0.15) is 11.3 Å². The molecule has 3 heterocycles. The number of piperazine rings is 1. The van der Waals surface area contributed by atoms with Crippen molar-refractivity contribution >= 4 is 11.6 Å². The summed E-state index contributed by atoms with van der Waals surface area (Å²) in [6, 6.07) is 9.55. The summed E-state index contributed by atoms with van der Waals surface area (Å²) in [6.45, 7) is 3.14. The molecule has 1 unspecified atom stereocenters. The van der Waals surface area contributed by atoms with Crippen molar-refractivity contribution in [2.24, 2.45) is 0 Å². The average molecular weight is 455 g/mol. The highest BCUT2D eigenvalue weighted by Crippen LogP contribution is 2.38. The maximum absolute atomic E-state index is 13.3. The Morgan fingerprint density at radius 2 is 1.82 bits per heavy atom. The molecule has 1 aromatic carbocycles. The third-order valence-corrected chi connectivity index (χ3v) is 5.90. The molecule has 1 saturated heterocycles. The van der Waals surface area contributed by atoms with Crippen LogP contribution in [0.25, 0.3) is 5.65 Å². The number of carbonyl (C=O) groups is 1. The number of ether oxygens (including phenoxy) is 4. The maximum atomic E-state index is 13.3. The van der Waals surface area contributed by atoms with Crippen molar-refractivity contribution in [3.05, 3.63) is 54.0 Å². The molecular formula is C24H30N4O5. The van der Waals surface area contributed by atoms with Gasteiger partial charge in [-0.25, -0.2) is 4.98 Å². The van der Waals surface area contributed by atoms with Crippen LogP contribution in [0.4, 0.5) is 0 Å². The summed E-state index contributed by atoms with van der Waals surface area (Å²) in [5, 5.41) is 0. The fourth-order valence-electron chi connectivity index (χ4n) is 4.34. The van der Waals surface area contributed by atoms with Crippen LogP contribution in [0.5, 0.6) is 17.2 Å². The van der Waals surface area contributed by atoms with Gasteiger partial charge in [-0.05, 0) is 29.8 Å². The second-order valence-corrected chi connectivity index (χ2v) is 7.97. The molecule has 4 rings (SSSR count). The maximum Gasteiger partial charge on any atom is 0.274 e. The van der Waals surface area contributed by atoms with E-state index in [0.717, 1.165) is 17.8 Å². The lowest BCUT2D eigenvalue weighted by atomic mass is 10.1. The van der Waals surface area contributed by atoms with Gasteiger partial charge in [-0.1, -0.05) is 6.07 Å². The van der Waals surface area contributed by atoms with Gasteiger partial charge in [0.05, 0.1) is 34.0 Å². The zero-order chi connectivity index (χ0) is 23.4. The molecule has 33 heavy (non-hydrogen) atoms. The number of nitrogens with zero attached hydrogens (tertiary/aromatic N) is 4. The number of fused-ring (bicyclic) bond motifs is 1. The average Bonchev–Trinajstić information content (AvgIpc) is 3.28. The minimum Gasteiger partial charge on any atom is -0.493 e. The van der Waals surface area contributed by atoms with Crippen molar-refractivity contribution in [3.8, 4) is 17.2 Å². The Bertz CT molecular complexity index is 1060. The highest BCUT2D eigenvalue weighted by Gasteiger charge is 2.32. The Kier molecular flexibility index (Phi) is 7.00. The van der Waals surface area contributed by atoms with Crippen molar-refractivity contribution < 1.29 is 23.7 Å². The molecule has 2 aromatic heterocycles. The number of benzene rings is 1. The van der Waals surface area contributed by atoms with Crippen LogP contribution in [0.3, 0.4) is 0 Å². The smallest absolute Gasteiger partial charge is 0.274 e. The van der Waals surface area contributed by atoms with Crippen molar-refractivity contribution in [1.29, 1.82) is 0 Å². The SMILES string of the molecule is COCC1CN(Cc2cc(OC)c(OC)c(OC)c2)CCN1C(=O)c1cn2ccccc2n1. The molecule has 0 N–H and O–H groups in total. The number of carbonyl (C=O) groups excluding carboxylic acids is 1. The second-order valence-electron chi connectivity index (χ2n) is 7.97. The van der Waals surface area contributed by atoms with E-state index >= 15 is 0 Å². The monoisotopic (exact) mass is 454 g/mol. The molecule has 0 spiro atoms. The molecule has 1 aliphatic rings. The Morgan fingerprint density at radius 1 is 1.06 bits per heavy atom. The number of aromatic nitrogens is 2. The number of amides is 1. The Labute approximate surface area is 193 Å². The van der Waals surface area contributed by atoms with Crippen LogP contribution in [-0.4, -0.2) is 85.8 Å². The van der Waals surface area contributed by atoms with Crippen LogP contribution in [-0.2, 0) is 11.3 Å². The lowest BCUT2D eigenvalue weighted by Crippen LogP contribution is -2.56. The molecule has 176 valence electrons. The molecular weight excluding hydrogens is 424 g/mol. The van der Waals surface area contributed by atoms with E-state index in [1.807, 2.05) is 45.8 Å². The van der Waals surface area contributed by atoms with Gasteiger partial charge in [-0.15, -0.1) is 0 Å². The third kappa shape index (κ3) is 4.74. The number of rotatable bonds is 8. The van der Waals surface area contributed by atoms with E-state index in [1.165, 1.54) is 0 Å². The van der Waals surface area contributed by atoms with Gasteiger partial charge >= 0.3 is 0 Å². The van der Waals surface area contributed by atoms with Crippen LogP contribution < -0.4 is 14.2 Å². The molecule has 9 nitrogen and oxygen atoms in total. The Morgan fingerprint density at radius 3 is 2.45 bits per heavy atom. The lowest BCUT2D eigenvalue weighted by Gasteiger charge is -2.41. The largest absolute Gasteiger partial charge is 0.493 e. The van der Waals surface area contributed by atoms with E-state index in [0.29, 0.717) is 49.2 Å². The highest BCUT2D eigenvalue weighted by molar-refractivity contribution is 5.93. The third-order valence-electron chi connectivity index (χ3n) is 5.90. The first-order chi connectivity index (χ1) is 16.1. The minimum atomic E-state index is -0.0805. The summed E-state index contributed by atoms with van der Waals surface area (Å²) in [6.07, 6.45) is 3.67. The molecule has 1 aliphatic heterocycles. The van der Waals surface area contributed by atoms with E-state index in [2.05, 4.69) is 9.88 Å². The van der Waals surface area contributed by atoms with Crippen LogP contribution in [0.2, 0.25) is 0 Å². The predicted octanol–water partition coefficient (Wildman–Crippen LogP) is 2.33. The van der Waals surface area contributed by atoms with Crippen molar-refractivity contribution in [2.75, 3.05) is 54.7 Å². The molecule has 0 saturated carbocycles. The zero-order valence-electron chi connectivity index (χ0n) is 19.5. The number of hydrogen-bond acceptors (Lipinski definition) is 7. The van der Waals surface area contributed by atoms with Crippen molar-refractivity contribution in [1.82, 2.24) is 19.2 Å². The van der Waals surface area contributed by atoms with Crippen LogP contribution >= 0.6 is 0 Å². The van der Waals surface area contributed by atoms with Gasteiger partial charge in [-0.3, -0.25) is 9.69 Å². The molecule has 1 amide bonds. The van der Waals surface area contributed by atoms with Crippen molar-refractivity contribution in [3.63, 3.8) is 0 Å². The Balaban J connectivity index is 1.50. The predicted molar refractivity (Wildman–Crippen MR) is 123 cm³/mol. The summed E-state index contributed by atoms with van der Waals surface area (Å²) >= 11 is 0. The van der Waals surface area contributed by atoms with E-state index in [-0.39, 0.29) is 11.9 Å². The van der Waals surface area contributed by atoms with Gasteiger partial charge in [0, 0.05) is 45.7 Å². The summed E-state index contributed by atoms with van der Waals surface area (Å²) in [5.74, 6) is 1.75. The normalized spacial score (nSPS) is 16.7. The minimum absolute atomic E-state index is 0.0758. The first-order valence-electron chi connectivity index (χ1n) is 10.8. The number of imidazole rings is 1. The fourth-order valence-corrected chi connectivity index (χ4v) is 4.34. The number of hydrogen-bond donors (Lipinski definition) is 0. The molecule has 3 aromatic rings. The molecule has 1 atom stereocenters. The summed E-state index contributed by atoms with van der Waals surface area (Å²) < 4.78 is 23.7. The van der Waals surface area contributed by atoms with E-state index in [9.17, 15) is 4.79 Å². The zero-order valence-corrected chi connectivity index (χ0v) is 19.5. The van der Waals surface area contributed by atoms with Crippen molar-refractivity contribution in [2.45, 2.75) is 12.6 Å². The van der Waals surface area contributed by atoms with Gasteiger partial charge < -0.3 is 28.2 Å². The molecule has 9 heteroatoms. The van der Waals surface area contributed by atoms with Gasteiger partial charge in [0.2, 0.25) is 5.75 Å². The quantitative estimate of drug-likeness (QED) is 0.517. The number of methoxy groups -OCH3 is 4. The van der Waals surface area contributed by atoms with Gasteiger partial charge in [-0.2, -0.15) is 0 Å².